The van der Waals surface area contributed by atoms with Crippen LogP contribution in [0.25, 0.3) is 0 Å². The molecule has 104 valence electrons. The normalized spacial score (nSPS) is 19.4. The lowest BCUT2D eigenvalue weighted by Crippen LogP contribution is -2.08. The number of nitrogen functional groups attached to an aromatic ring is 1. The lowest BCUT2D eigenvalue weighted by molar-refractivity contribution is 0.0972. The minimum atomic E-state index is -3.43. The van der Waals surface area contributed by atoms with Gasteiger partial charge in [0.1, 0.15) is 9.90 Å². The standard InChI is InChI=1S/C12H16N2O3S2/c1-19(16,17)11-8(13)10(9(15)6-2-3-6)18-12(11)14-7-4-5-7/h6-7,14H,2-5,13H2,1H3. The van der Waals surface area contributed by atoms with E-state index >= 15 is 0 Å². The van der Waals surface area contributed by atoms with Crippen LogP contribution in [0.3, 0.4) is 0 Å². The number of Topliss-reactive ketones (excluding diaryl/α,β-unsaturated/α-hetero) is 1. The molecular weight excluding hydrogens is 284 g/mol. The Hall–Kier alpha value is -1.08. The number of rotatable bonds is 5. The molecule has 0 amide bonds. The van der Waals surface area contributed by atoms with Crippen LogP contribution in [0.5, 0.6) is 0 Å². The van der Waals surface area contributed by atoms with E-state index in [0.717, 1.165) is 31.9 Å². The molecule has 2 aliphatic rings. The van der Waals surface area contributed by atoms with Crippen molar-refractivity contribution in [2.24, 2.45) is 5.92 Å². The van der Waals surface area contributed by atoms with Crippen LogP contribution in [0.1, 0.15) is 35.4 Å². The van der Waals surface area contributed by atoms with E-state index in [2.05, 4.69) is 5.32 Å². The summed E-state index contributed by atoms with van der Waals surface area (Å²) in [5, 5.41) is 3.71. The Bertz CT molecular complexity index is 640. The second-order valence-corrected chi connectivity index (χ2v) is 8.31. The minimum Gasteiger partial charge on any atom is -0.396 e. The molecule has 19 heavy (non-hydrogen) atoms. The second-order valence-electron chi connectivity index (χ2n) is 5.33. The van der Waals surface area contributed by atoms with Gasteiger partial charge in [0.15, 0.2) is 15.6 Å². The Balaban J connectivity index is 2.05. The van der Waals surface area contributed by atoms with Crippen LogP contribution in [-0.2, 0) is 9.84 Å². The Kier molecular flexibility index (Phi) is 2.86. The molecule has 3 N–H and O–H groups in total. The summed E-state index contributed by atoms with van der Waals surface area (Å²) in [5.74, 6) is 0.0402. The highest BCUT2D eigenvalue weighted by Crippen LogP contribution is 2.44. The van der Waals surface area contributed by atoms with Crippen LogP contribution in [0.2, 0.25) is 0 Å². The third kappa shape index (κ3) is 2.49. The molecule has 0 aliphatic heterocycles. The van der Waals surface area contributed by atoms with Crippen molar-refractivity contribution in [3.63, 3.8) is 0 Å². The number of nitrogens with one attached hydrogen (secondary N) is 1. The van der Waals surface area contributed by atoms with Gasteiger partial charge in [-0.05, 0) is 25.7 Å². The molecule has 0 unspecified atom stereocenters. The largest absolute Gasteiger partial charge is 0.396 e. The van der Waals surface area contributed by atoms with Crippen molar-refractivity contribution < 1.29 is 13.2 Å². The Morgan fingerprint density at radius 2 is 1.95 bits per heavy atom. The maximum absolute atomic E-state index is 12.1. The van der Waals surface area contributed by atoms with Gasteiger partial charge in [0.05, 0.1) is 10.6 Å². The van der Waals surface area contributed by atoms with Crippen LogP contribution < -0.4 is 11.1 Å². The second kappa shape index (κ2) is 4.21. The van der Waals surface area contributed by atoms with E-state index in [1.807, 2.05) is 0 Å². The average Bonchev–Trinajstić information content (AvgIpc) is 3.15. The first kappa shape index (κ1) is 12.9. The molecule has 3 rings (SSSR count). The quantitative estimate of drug-likeness (QED) is 0.811. The number of hydrogen-bond acceptors (Lipinski definition) is 6. The van der Waals surface area contributed by atoms with E-state index in [1.165, 1.54) is 11.3 Å². The summed E-state index contributed by atoms with van der Waals surface area (Å²) >= 11 is 1.19. The van der Waals surface area contributed by atoms with Gasteiger partial charge in [-0.15, -0.1) is 11.3 Å². The molecule has 0 atom stereocenters. The molecule has 0 spiro atoms. The summed E-state index contributed by atoms with van der Waals surface area (Å²) in [6.45, 7) is 0. The van der Waals surface area contributed by atoms with E-state index < -0.39 is 9.84 Å². The lowest BCUT2D eigenvalue weighted by atomic mass is 10.2. The molecule has 0 aromatic carbocycles. The third-order valence-corrected chi connectivity index (χ3v) is 5.80. The predicted molar refractivity (Wildman–Crippen MR) is 75.5 cm³/mol. The van der Waals surface area contributed by atoms with Gasteiger partial charge in [-0.3, -0.25) is 4.79 Å². The first-order valence-electron chi connectivity index (χ1n) is 6.31. The van der Waals surface area contributed by atoms with Crippen LogP contribution in [0.15, 0.2) is 4.90 Å². The molecule has 2 saturated carbocycles. The van der Waals surface area contributed by atoms with E-state index in [9.17, 15) is 13.2 Å². The fourth-order valence-electron chi connectivity index (χ4n) is 2.02. The first-order valence-corrected chi connectivity index (χ1v) is 9.02. The number of ketones is 1. The van der Waals surface area contributed by atoms with Gasteiger partial charge < -0.3 is 11.1 Å². The lowest BCUT2D eigenvalue weighted by Gasteiger charge is -2.04. The predicted octanol–water partition coefficient (Wildman–Crippen LogP) is 1.90. The molecule has 1 heterocycles. The molecule has 1 aromatic heterocycles. The Morgan fingerprint density at radius 1 is 1.32 bits per heavy atom. The van der Waals surface area contributed by atoms with Crippen molar-refractivity contribution >= 4 is 37.6 Å². The Morgan fingerprint density at radius 3 is 2.42 bits per heavy atom. The van der Waals surface area contributed by atoms with E-state index in [-0.39, 0.29) is 22.3 Å². The zero-order chi connectivity index (χ0) is 13.8. The molecular formula is C12H16N2O3S2. The number of carbonyl (C=O) groups is 1. The van der Waals surface area contributed by atoms with Crippen molar-refractivity contribution in [1.29, 1.82) is 0 Å². The first-order chi connectivity index (χ1) is 8.88. The van der Waals surface area contributed by atoms with Gasteiger partial charge >= 0.3 is 0 Å². The molecule has 0 radical (unpaired) electrons. The third-order valence-electron chi connectivity index (χ3n) is 3.35. The van der Waals surface area contributed by atoms with Crippen LogP contribution in [0, 0.1) is 5.92 Å². The molecule has 1 aromatic rings. The number of sulfone groups is 1. The molecule has 2 aliphatic carbocycles. The summed E-state index contributed by atoms with van der Waals surface area (Å²) in [7, 11) is -3.43. The van der Waals surface area contributed by atoms with Crippen LogP contribution in [0.4, 0.5) is 10.7 Å². The summed E-state index contributed by atoms with van der Waals surface area (Å²) in [5.41, 5.74) is 6.06. The maximum atomic E-state index is 12.1. The number of carbonyl (C=O) groups excluding carboxylic acids is 1. The van der Waals surface area contributed by atoms with Gasteiger partial charge in [0.25, 0.3) is 0 Å². The number of anilines is 2. The van der Waals surface area contributed by atoms with Gasteiger partial charge in [-0.1, -0.05) is 0 Å². The van der Waals surface area contributed by atoms with Crippen LogP contribution >= 0.6 is 11.3 Å². The molecule has 2 fully saturated rings. The fraction of sp³-hybridized carbons (Fsp3) is 0.583. The van der Waals surface area contributed by atoms with E-state index in [0.29, 0.717) is 15.9 Å². The molecule has 0 bridgehead atoms. The highest BCUT2D eigenvalue weighted by atomic mass is 32.2. The van der Waals surface area contributed by atoms with E-state index in [1.54, 1.807) is 0 Å². The monoisotopic (exact) mass is 300 g/mol. The van der Waals surface area contributed by atoms with Crippen LogP contribution in [-0.4, -0.2) is 26.5 Å². The molecule has 7 heteroatoms. The Labute approximate surface area is 116 Å². The van der Waals surface area contributed by atoms with Crippen molar-refractivity contribution in [2.45, 2.75) is 36.6 Å². The molecule has 0 saturated heterocycles. The maximum Gasteiger partial charge on any atom is 0.180 e. The van der Waals surface area contributed by atoms with Gasteiger partial charge in [-0.2, -0.15) is 0 Å². The zero-order valence-electron chi connectivity index (χ0n) is 10.6. The van der Waals surface area contributed by atoms with Crippen molar-refractivity contribution in [3.8, 4) is 0 Å². The minimum absolute atomic E-state index is 0.00348. The van der Waals surface area contributed by atoms with Crippen molar-refractivity contribution in [3.05, 3.63) is 4.88 Å². The SMILES string of the molecule is CS(=O)(=O)c1c(NC2CC2)sc(C(=O)C2CC2)c1N. The summed E-state index contributed by atoms with van der Waals surface area (Å²) in [6, 6.07) is 0.322. The van der Waals surface area contributed by atoms with Gasteiger partial charge in [0.2, 0.25) is 0 Å². The fourth-order valence-corrected chi connectivity index (χ4v) is 4.67. The van der Waals surface area contributed by atoms with E-state index in [4.69, 9.17) is 5.73 Å². The van der Waals surface area contributed by atoms with Crippen molar-refractivity contribution in [1.82, 2.24) is 0 Å². The summed E-state index contributed by atoms with van der Waals surface area (Å²) < 4.78 is 23.7. The van der Waals surface area contributed by atoms with Crippen molar-refractivity contribution in [2.75, 3.05) is 17.3 Å². The smallest absolute Gasteiger partial charge is 0.180 e. The summed E-state index contributed by atoms with van der Waals surface area (Å²) in [4.78, 5) is 12.6. The highest BCUT2D eigenvalue weighted by molar-refractivity contribution is 7.91. The topological polar surface area (TPSA) is 89.3 Å². The highest BCUT2D eigenvalue weighted by Gasteiger charge is 2.36. The number of thiophene rings is 1. The average molecular weight is 300 g/mol. The molecule has 5 nitrogen and oxygen atoms in total. The number of nitrogens with two attached hydrogens (primary N) is 1. The van der Waals surface area contributed by atoms with Gasteiger partial charge in [0, 0.05) is 18.2 Å². The number of hydrogen-bond donors (Lipinski definition) is 2. The summed E-state index contributed by atoms with van der Waals surface area (Å²) in [6.07, 6.45) is 4.97. The van der Waals surface area contributed by atoms with Gasteiger partial charge in [-0.25, -0.2) is 8.42 Å². The zero-order valence-corrected chi connectivity index (χ0v) is 12.2.